The second-order valence-electron chi connectivity index (χ2n) is 11.6. The number of allylic oxidation sites excluding steroid dienone is 2. The zero-order valence-corrected chi connectivity index (χ0v) is 24.8. The molecular weight excluding hydrogens is 538 g/mol. The number of hydrogen-bond donors (Lipinski definition) is 3. The van der Waals surface area contributed by atoms with Gasteiger partial charge in [-0.1, -0.05) is 42.5 Å². The van der Waals surface area contributed by atoms with Gasteiger partial charge in [-0.25, -0.2) is 4.98 Å². The second kappa shape index (κ2) is 13.3. The molecule has 1 spiro atoms. The third-order valence-corrected chi connectivity index (χ3v) is 9.73. The quantitative estimate of drug-likeness (QED) is 0.469. The zero-order chi connectivity index (χ0) is 28.8. The van der Waals surface area contributed by atoms with Crippen LogP contribution in [-0.4, -0.2) is 72.5 Å². The lowest BCUT2D eigenvalue weighted by Gasteiger charge is -2.40. The van der Waals surface area contributed by atoms with E-state index in [2.05, 4.69) is 38.0 Å². The summed E-state index contributed by atoms with van der Waals surface area (Å²) in [6.45, 7) is 6.71. The van der Waals surface area contributed by atoms with Gasteiger partial charge < -0.3 is 20.7 Å². The van der Waals surface area contributed by atoms with Crippen molar-refractivity contribution in [2.45, 2.75) is 64.5 Å². The number of carbonyl (C=O) groups excluding carboxylic acids is 3. The first kappa shape index (κ1) is 29.4. The number of carbonyl (C=O) groups is 3. The van der Waals surface area contributed by atoms with Gasteiger partial charge >= 0.3 is 0 Å². The van der Waals surface area contributed by atoms with Gasteiger partial charge in [0.2, 0.25) is 17.7 Å². The first-order valence-electron chi connectivity index (χ1n) is 14.7. The fourth-order valence-electron chi connectivity index (χ4n) is 6.09. The Kier molecular flexibility index (Phi) is 9.52. The summed E-state index contributed by atoms with van der Waals surface area (Å²) in [6.07, 6.45) is 8.12. The smallest absolute Gasteiger partial charge is 0.243 e. The molecule has 0 radical (unpaired) electrons. The molecule has 1 aromatic heterocycles. The molecule has 1 aromatic carbocycles. The predicted octanol–water partition coefficient (Wildman–Crippen LogP) is 3.38. The number of amides is 3. The Hall–Kier alpha value is -3.08. The number of thiazole rings is 1. The molecule has 2 fully saturated rings. The molecule has 3 atom stereocenters. The Labute approximate surface area is 246 Å². The highest BCUT2D eigenvalue weighted by Crippen LogP contribution is 2.36. The summed E-state index contributed by atoms with van der Waals surface area (Å²) in [6, 6.07) is 9.13. The van der Waals surface area contributed by atoms with E-state index in [9.17, 15) is 14.4 Å². The van der Waals surface area contributed by atoms with Gasteiger partial charge in [-0.05, 0) is 57.4 Å². The first-order chi connectivity index (χ1) is 19.8. The van der Waals surface area contributed by atoms with Crippen molar-refractivity contribution < 1.29 is 19.1 Å². The van der Waals surface area contributed by atoms with E-state index in [1.54, 1.807) is 0 Å². The number of ether oxygens (including phenoxy) is 1. The van der Waals surface area contributed by atoms with Gasteiger partial charge in [-0.15, -0.1) is 11.3 Å². The van der Waals surface area contributed by atoms with Crippen molar-refractivity contribution in [2.24, 2.45) is 11.3 Å². The largest absolute Gasteiger partial charge is 0.381 e. The lowest BCUT2D eigenvalue weighted by Crippen LogP contribution is -2.58. The fourth-order valence-corrected chi connectivity index (χ4v) is 6.92. The lowest BCUT2D eigenvalue weighted by molar-refractivity contribution is -0.140. The van der Waals surface area contributed by atoms with Crippen molar-refractivity contribution in [3.05, 3.63) is 58.6 Å². The molecule has 3 aliphatic rings. The van der Waals surface area contributed by atoms with Crippen LogP contribution in [0, 0.1) is 25.2 Å². The molecule has 2 aromatic rings. The number of aromatic nitrogens is 1. The van der Waals surface area contributed by atoms with Crippen LogP contribution in [-0.2, 0) is 25.5 Å². The summed E-state index contributed by atoms with van der Waals surface area (Å²) in [4.78, 5) is 48.0. The number of anilines is 1. The van der Waals surface area contributed by atoms with Crippen LogP contribution in [0.15, 0.2) is 42.5 Å². The molecule has 0 unspecified atom stereocenters. The Balaban J connectivity index is 1.31. The van der Waals surface area contributed by atoms with E-state index < -0.39 is 11.5 Å². The van der Waals surface area contributed by atoms with Gasteiger partial charge in [0, 0.05) is 43.6 Å². The number of nitrogens with one attached hydrogen (secondary N) is 3. The normalized spacial score (nSPS) is 26.1. The molecule has 3 N–H and O–H groups in total. The third kappa shape index (κ3) is 7.42. The van der Waals surface area contributed by atoms with Gasteiger partial charge in [0.1, 0.15) is 6.04 Å². The maximum Gasteiger partial charge on any atom is 0.243 e. The van der Waals surface area contributed by atoms with Gasteiger partial charge in [0.05, 0.1) is 17.7 Å². The summed E-state index contributed by atoms with van der Waals surface area (Å²) < 4.78 is 5.60. The molecule has 0 aliphatic carbocycles. The molecular formula is C31H41N5O4S. The molecule has 3 amide bonds. The van der Waals surface area contributed by atoms with Crippen molar-refractivity contribution in [1.29, 1.82) is 0 Å². The average Bonchev–Trinajstić information content (AvgIpc) is 3.28. The van der Waals surface area contributed by atoms with Crippen molar-refractivity contribution in [3.8, 4) is 0 Å². The van der Waals surface area contributed by atoms with Gasteiger partial charge in [0.25, 0.3) is 0 Å². The zero-order valence-electron chi connectivity index (χ0n) is 24.0. The van der Waals surface area contributed by atoms with Crippen molar-refractivity contribution in [2.75, 3.05) is 38.2 Å². The highest BCUT2D eigenvalue weighted by molar-refractivity contribution is 7.15. The number of nitrogens with zero attached hydrogens (tertiary/aromatic N) is 2. The van der Waals surface area contributed by atoms with Crippen LogP contribution in [0.2, 0.25) is 0 Å². The van der Waals surface area contributed by atoms with Gasteiger partial charge in [-0.3, -0.25) is 19.3 Å². The van der Waals surface area contributed by atoms with Gasteiger partial charge in [0.15, 0.2) is 5.13 Å². The Bertz CT molecular complexity index is 1240. The van der Waals surface area contributed by atoms with Crippen molar-refractivity contribution >= 4 is 34.2 Å². The highest BCUT2D eigenvalue weighted by Gasteiger charge is 2.41. The van der Waals surface area contributed by atoms with Crippen LogP contribution in [0.1, 0.15) is 48.2 Å². The number of likely N-dealkylation sites (tertiary alicyclic amines) is 1. The maximum atomic E-state index is 13.7. The Morgan fingerprint density at radius 1 is 1.15 bits per heavy atom. The molecule has 5 rings (SSSR count). The lowest BCUT2D eigenvalue weighted by atomic mass is 9.75. The van der Waals surface area contributed by atoms with Gasteiger partial charge in [-0.2, -0.15) is 0 Å². The van der Waals surface area contributed by atoms with E-state index in [-0.39, 0.29) is 36.2 Å². The number of hydrogen-bond acceptors (Lipinski definition) is 7. The summed E-state index contributed by atoms with van der Waals surface area (Å²) in [5, 5.41) is 10.0. The molecule has 3 aliphatic heterocycles. The minimum atomic E-state index is -0.664. The number of fused-ring (bicyclic) bond motifs is 1. The van der Waals surface area contributed by atoms with Crippen molar-refractivity contribution in [1.82, 2.24) is 20.5 Å². The molecule has 4 heterocycles. The molecule has 0 saturated carbocycles. The Morgan fingerprint density at radius 3 is 2.66 bits per heavy atom. The van der Waals surface area contributed by atoms with Crippen LogP contribution in [0.25, 0.3) is 0 Å². The second-order valence-corrected chi connectivity index (χ2v) is 12.8. The monoisotopic (exact) mass is 579 g/mol. The van der Waals surface area contributed by atoms with E-state index in [4.69, 9.17) is 4.74 Å². The minimum Gasteiger partial charge on any atom is -0.381 e. The van der Waals surface area contributed by atoms with Crippen LogP contribution in [0.5, 0.6) is 0 Å². The summed E-state index contributed by atoms with van der Waals surface area (Å²) in [7, 11) is 0. The molecule has 2 saturated heterocycles. The average molecular weight is 580 g/mol. The topological polar surface area (TPSA) is 113 Å². The molecule has 0 bridgehead atoms. The number of benzene rings is 1. The van der Waals surface area contributed by atoms with Crippen LogP contribution >= 0.6 is 11.3 Å². The van der Waals surface area contributed by atoms with Crippen LogP contribution in [0.3, 0.4) is 0 Å². The third-order valence-electron chi connectivity index (χ3n) is 8.74. The summed E-state index contributed by atoms with van der Waals surface area (Å²) in [5.74, 6) is -0.133. The van der Waals surface area contributed by atoms with E-state index in [0.717, 1.165) is 29.0 Å². The molecule has 220 valence electrons. The van der Waals surface area contributed by atoms with E-state index in [1.165, 1.54) is 11.3 Å². The minimum absolute atomic E-state index is 0.0395. The van der Waals surface area contributed by atoms with E-state index in [1.807, 2.05) is 44.2 Å². The fraction of sp³-hybridized carbons (Fsp3) is 0.548. The summed E-state index contributed by atoms with van der Waals surface area (Å²) >= 11 is 1.49. The molecule has 10 heteroatoms. The van der Waals surface area contributed by atoms with E-state index in [0.29, 0.717) is 57.1 Å². The first-order valence-corrected chi connectivity index (χ1v) is 15.5. The SMILES string of the molecule is Cc1nc(NC(=O)CN2CC[C@H]3NC(=O)[C@H](Cc4ccccc4)NC(=O)C4(C/C=C/C[C@H]3C2)CCOCC4)sc1C. The van der Waals surface area contributed by atoms with Crippen molar-refractivity contribution in [3.63, 3.8) is 0 Å². The van der Waals surface area contributed by atoms with E-state index >= 15 is 0 Å². The predicted molar refractivity (Wildman–Crippen MR) is 160 cm³/mol. The maximum absolute atomic E-state index is 13.7. The number of aryl methyl sites for hydroxylation is 2. The number of rotatable bonds is 5. The standard InChI is InChI=1S/C31H41N5O4S/c1-21-22(2)41-30(32-21)35-27(37)20-36-15-11-25-24(19-36)10-6-7-12-31(13-16-40-17-14-31)29(39)34-26(28(38)33-25)18-23-8-4-3-5-9-23/h3-9,24-26H,10-20H2,1-2H3,(H,33,38)(H,34,39)(H,32,35,37)/b7-6+/t24-,25+,26-/m0/s1. The molecule has 41 heavy (non-hydrogen) atoms. The Morgan fingerprint density at radius 2 is 1.93 bits per heavy atom. The van der Waals surface area contributed by atoms with Crippen LogP contribution < -0.4 is 16.0 Å². The molecule has 9 nitrogen and oxygen atoms in total. The highest BCUT2D eigenvalue weighted by atomic mass is 32.1. The number of piperidine rings is 1. The van der Waals surface area contributed by atoms with Crippen LogP contribution in [0.4, 0.5) is 5.13 Å². The summed E-state index contributed by atoms with van der Waals surface area (Å²) in [5.41, 5.74) is 1.36.